The van der Waals surface area contributed by atoms with Gasteiger partial charge >= 0.3 is 0 Å². The molecule has 0 saturated carbocycles. The van der Waals surface area contributed by atoms with Gasteiger partial charge in [-0.15, -0.1) is 0 Å². The normalized spacial score (nSPS) is 18.3. The van der Waals surface area contributed by atoms with E-state index >= 15 is 0 Å². The number of aryl methyl sites for hydroxylation is 2. The molecule has 0 radical (unpaired) electrons. The van der Waals surface area contributed by atoms with E-state index in [4.69, 9.17) is 9.72 Å². The van der Waals surface area contributed by atoms with Crippen LogP contribution in [-0.2, 0) is 11.3 Å². The highest BCUT2D eigenvalue weighted by atomic mass is 19.2. The monoisotopic (exact) mass is 450 g/mol. The molecule has 1 N–H and O–H groups in total. The fourth-order valence-electron chi connectivity index (χ4n) is 4.25. The Morgan fingerprint density at radius 3 is 2.85 bits per heavy atom. The standard InChI is InChI=1S/C24H24F2N6O/c1-15-13-31(14-28-15)24-21(33-2)10-16(12-27-24)5-8-22-29-23-18(4-3-9-32(23)30-22)17-6-7-19(25)20(26)11-17/h5-8,10-11,13-14,18,27H,3-4,9,12H2,1-2H3/b8-5+/t18-/m0/s1. The first-order chi connectivity index (χ1) is 16.0. The molecule has 3 aromatic rings. The highest BCUT2D eigenvalue weighted by Crippen LogP contribution is 2.33. The maximum atomic E-state index is 13.8. The molecule has 0 fully saturated rings. The highest BCUT2D eigenvalue weighted by Gasteiger charge is 2.26. The number of ether oxygens (including phenoxy) is 1. The van der Waals surface area contributed by atoms with Gasteiger partial charge in [0.15, 0.2) is 29.0 Å². The maximum Gasteiger partial charge on any atom is 0.174 e. The lowest BCUT2D eigenvalue weighted by Gasteiger charge is -2.22. The Bertz CT molecular complexity index is 1290. The number of methoxy groups -OCH3 is 1. The number of hydrogen-bond donors (Lipinski definition) is 1. The smallest absolute Gasteiger partial charge is 0.174 e. The van der Waals surface area contributed by atoms with Crippen molar-refractivity contribution >= 4 is 11.9 Å². The zero-order valence-electron chi connectivity index (χ0n) is 18.4. The highest BCUT2D eigenvalue weighted by molar-refractivity contribution is 5.58. The predicted molar refractivity (Wildman–Crippen MR) is 120 cm³/mol. The summed E-state index contributed by atoms with van der Waals surface area (Å²) in [6.45, 7) is 3.30. The molecular formula is C24H24F2N6O. The third-order valence-corrected chi connectivity index (χ3v) is 5.88. The van der Waals surface area contributed by atoms with Crippen LogP contribution in [0.25, 0.3) is 11.9 Å². The Hall–Kier alpha value is -3.75. The van der Waals surface area contributed by atoms with E-state index in [1.54, 1.807) is 19.5 Å². The maximum absolute atomic E-state index is 13.8. The van der Waals surface area contributed by atoms with E-state index in [9.17, 15) is 8.78 Å². The van der Waals surface area contributed by atoms with Crippen LogP contribution in [0.2, 0.25) is 0 Å². The van der Waals surface area contributed by atoms with Crippen molar-refractivity contribution in [2.24, 2.45) is 0 Å². The van der Waals surface area contributed by atoms with Crippen molar-refractivity contribution < 1.29 is 13.5 Å². The minimum absolute atomic E-state index is 0.108. The summed E-state index contributed by atoms with van der Waals surface area (Å²) >= 11 is 0. The van der Waals surface area contributed by atoms with E-state index in [1.807, 2.05) is 40.6 Å². The van der Waals surface area contributed by atoms with Gasteiger partial charge in [0.1, 0.15) is 12.2 Å². The second kappa shape index (κ2) is 8.65. The fraction of sp³-hybridized carbons (Fsp3) is 0.292. The fourth-order valence-corrected chi connectivity index (χ4v) is 4.25. The summed E-state index contributed by atoms with van der Waals surface area (Å²) in [4.78, 5) is 8.96. The van der Waals surface area contributed by atoms with Gasteiger partial charge < -0.3 is 10.1 Å². The van der Waals surface area contributed by atoms with Gasteiger partial charge in [-0.2, -0.15) is 5.10 Å². The van der Waals surface area contributed by atoms with Crippen molar-refractivity contribution in [1.82, 2.24) is 29.6 Å². The lowest BCUT2D eigenvalue weighted by atomic mass is 9.91. The van der Waals surface area contributed by atoms with Crippen LogP contribution in [-0.4, -0.2) is 38.0 Å². The first-order valence-electron chi connectivity index (χ1n) is 10.8. The third kappa shape index (κ3) is 4.18. The zero-order chi connectivity index (χ0) is 22.9. The summed E-state index contributed by atoms with van der Waals surface area (Å²) in [5.74, 6) is 1.10. The number of fused-ring (bicyclic) bond motifs is 1. The molecule has 2 aliphatic heterocycles. The first kappa shape index (κ1) is 21.1. The number of benzene rings is 1. The lowest BCUT2D eigenvalue weighted by molar-refractivity contribution is 0.303. The largest absolute Gasteiger partial charge is 0.493 e. The van der Waals surface area contributed by atoms with Crippen LogP contribution in [0, 0.1) is 18.6 Å². The number of allylic oxidation sites excluding steroid dienone is 1. The summed E-state index contributed by atoms with van der Waals surface area (Å²) in [7, 11) is 1.63. The van der Waals surface area contributed by atoms with Gasteiger partial charge in [0.2, 0.25) is 0 Å². The van der Waals surface area contributed by atoms with E-state index < -0.39 is 11.6 Å². The zero-order valence-corrected chi connectivity index (χ0v) is 18.4. The molecule has 0 amide bonds. The Morgan fingerprint density at radius 1 is 1.21 bits per heavy atom. The Morgan fingerprint density at radius 2 is 2.09 bits per heavy atom. The average Bonchev–Trinajstić information content (AvgIpc) is 3.45. The molecule has 170 valence electrons. The summed E-state index contributed by atoms with van der Waals surface area (Å²) in [6.07, 6.45) is 11.2. The molecule has 9 heteroatoms. The number of dihydropyridines is 1. The van der Waals surface area contributed by atoms with Crippen molar-refractivity contribution in [3.63, 3.8) is 0 Å². The lowest BCUT2D eigenvalue weighted by Crippen LogP contribution is -2.24. The van der Waals surface area contributed by atoms with Gasteiger partial charge in [-0.1, -0.05) is 12.1 Å². The molecule has 0 unspecified atom stereocenters. The number of aromatic nitrogens is 5. The minimum atomic E-state index is -0.843. The number of nitrogens with one attached hydrogen (secondary N) is 1. The van der Waals surface area contributed by atoms with E-state index in [0.29, 0.717) is 23.7 Å². The van der Waals surface area contributed by atoms with Crippen LogP contribution >= 0.6 is 0 Å². The Balaban J connectivity index is 1.39. The Kier molecular flexibility index (Phi) is 5.53. The molecule has 2 aromatic heterocycles. The SMILES string of the molecule is COC1=C(n2cnc(C)c2)NCC(/C=C/c2nc3n(n2)CCC[C@H]3c2ccc(F)c(F)c2)=C1. The van der Waals surface area contributed by atoms with Crippen LogP contribution in [0.5, 0.6) is 0 Å². The molecule has 1 aromatic carbocycles. The van der Waals surface area contributed by atoms with Crippen LogP contribution in [0.3, 0.4) is 0 Å². The molecule has 5 rings (SSSR count). The van der Waals surface area contributed by atoms with Gasteiger partial charge in [0, 0.05) is 25.2 Å². The van der Waals surface area contributed by atoms with Gasteiger partial charge in [0.25, 0.3) is 0 Å². The minimum Gasteiger partial charge on any atom is -0.493 e. The second-order valence-electron chi connectivity index (χ2n) is 8.17. The van der Waals surface area contributed by atoms with Crippen LogP contribution in [0.4, 0.5) is 8.78 Å². The van der Waals surface area contributed by atoms with Gasteiger partial charge in [-0.3, -0.25) is 4.57 Å². The number of nitrogens with zero attached hydrogens (tertiary/aromatic N) is 5. The molecule has 2 aliphatic rings. The number of rotatable bonds is 5. The van der Waals surface area contributed by atoms with Crippen molar-refractivity contribution in [3.05, 3.63) is 88.7 Å². The third-order valence-electron chi connectivity index (χ3n) is 5.88. The first-order valence-corrected chi connectivity index (χ1v) is 10.8. The Labute approximate surface area is 190 Å². The topological polar surface area (TPSA) is 69.8 Å². The van der Waals surface area contributed by atoms with E-state index in [2.05, 4.69) is 15.4 Å². The van der Waals surface area contributed by atoms with Crippen molar-refractivity contribution in [3.8, 4) is 0 Å². The molecule has 0 saturated heterocycles. The van der Waals surface area contributed by atoms with Crippen LogP contribution < -0.4 is 5.32 Å². The van der Waals surface area contributed by atoms with Crippen LogP contribution in [0.15, 0.2) is 54.2 Å². The van der Waals surface area contributed by atoms with E-state index in [0.717, 1.165) is 42.3 Å². The van der Waals surface area contributed by atoms with Crippen LogP contribution in [0.1, 0.15) is 41.7 Å². The summed E-state index contributed by atoms with van der Waals surface area (Å²) in [5.41, 5.74) is 2.65. The second-order valence-corrected chi connectivity index (χ2v) is 8.17. The van der Waals surface area contributed by atoms with Gasteiger partial charge in [-0.25, -0.2) is 23.4 Å². The summed E-state index contributed by atoms with van der Waals surface area (Å²) in [6, 6.07) is 4.05. The molecule has 0 spiro atoms. The number of imidazole rings is 1. The number of halogens is 2. The quantitative estimate of drug-likeness (QED) is 0.636. The summed E-state index contributed by atoms with van der Waals surface area (Å²) < 4.78 is 36.5. The van der Waals surface area contributed by atoms with Crippen molar-refractivity contribution in [2.45, 2.75) is 32.2 Å². The van der Waals surface area contributed by atoms with E-state index in [1.165, 1.54) is 12.1 Å². The number of hydrogen-bond acceptors (Lipinski definition) is 5. The van der Waals surface area contributed by atoms with E-state index in [-0.39, 0.29) is 5.92 Å². The van der Waals surface area contributed by atoms with Crippen molar-refractivity contribution in [1.29, 1.82) is 0 Å². The molecule has 0 bridgehead atoms. The molecule has 7 nitrogen and oxygen atoms in total. The molecule has 0 aliphatic carbocycles. The van der Waals surface area contributed by atoms with Gasteiger partial charge in [0.05, 0.1) is 12.8 Å². The summed E-state index contributed by atoms with van der Waals surface area (Å²) in [5, 5.41) is 7.97. The predicted octanol–water partition coefficient (Wildman–Crippen LogP) is 4.00. The van der Waals surface area contributed by atoms with Crippen molar-refractivity contribution in [2.75, 3.05) is 13.7 Å². The average molecular weight is 450 g/mol. The molecule has 33 heavy (non-hydrogen) atoms. The molecule has 4 heterocycles. The van der Waals surface area contributed by atoms with Gasteiger partial charge in [-0.05, 0) is 55.2 Å². The molecular weight excluding hydrogens is 426 g/mol. The molecule has 1 atom stereocenters.